The second-order valence-corrected chi connectivity index (χ2v) is 5.78. The lowest BCUT2D eigenvalue weighted by molar-refractivity contribution is 0.415. The number of ether oxygens (including phenoxy) is 1. The summed E-state index contributed by atoms with van der Waals surface area (Å²) in [7, 11) is 1.61. The number of hydrogen-bond donors (Lipinski definition) is 2. The second kappa shape index (κ2) is 6.72. The van der Waals surface area contributed by atoms with E-state index >= 15 is 0 Å². The van der Waals surface area contributed by atoms with Crippen LogP contribution >= 0.6 is 0 Å². The molecule has 0 radical (unpaired) electrons. The molecule has 7 heteroatoms. The third-order valence-electron chi connectivity index (χ3n) is 3.97. The number of hydrogen-bond acceptors (Lipinski definition) is 6. The van der Waals surface area contributed by atoms with Crippen molar-refractivity contribution in [1.29, 1.82) is 0 Å². The summed E-state index contributed by atoms with van der Waals surface area (Å²) in [6.07, 6.45) is 3.04. The summed E-state index contributed by atoms with van der Waals surface area (Å²) in [4.78, 5) is 8.43. The topological polar surface area (TPSA) is 88.9 Å². The van der Waals surface area contributed by atoms with Crippen LogP contribution in [0.1, 0.15) is 5.56 Å². The predicted octanol–water partition coefficient (Wildman–Crippen LogP) is 4.19. The lowest BCUT2D eigenvalue weighted by Gasteiger charge is -2.09. The van der Waals surface area contributed by atoms with Crippen molar-refractivity contribution in [1.82, 2.24) is 20.2 Å². The average Bonchev–Trinajstić information content (AvgIpc) is 3.34. The lowest BCUT2D eigenvalue weighted by Crippen LogP contribution is -1.95. The van der Waals surface area contributed by atoms with E-state index in [4.69, 9.17) is 9.15 Å². The summed E-state index contributed by atoms with van der Waals surface area (Å²) < 4.78 is 10.8. The number of anilines is 2. The quantitative estimate of drug-likeness (QED) is 0.563. The Labute approximate surface area is 150 Å². The van der Waals surface area contributed by atoms with Crippen molar-refractivity contribution in [3.63, 3.8) is 0 Å². The molecule has 0 unspecified atom stereocenters. The Morgan fingerprint density at radius 3 is 2.69 bits per heavy atom. The van der Waals surface area contributed by atoms with E-state index in [0.717, 1.165) is 16.8 Å². The number of nitrogens with one attached hydrogen (secondary N) is 2. The second-order valence-electron chi connectivity index (χ2n) is 5.78. The van der Waals surface area contributed by atoms with Gasteiger partial charge in [0.25, 0.3) is 0 Å². The smallest absolute Gasteiger partial charge is 0.246 e. The molecule has 0 aliphatic carbocycles. The van der Waals surface area contributed by atoms with Gasteiger partial charge in [0.2, 0.25) is 5.95 Å². The van der Waals surface area contributed by atoms with Gasteiger partial charge in [0.05, 0.1) is 18.9 Å². The summed E-state index contributed by atoms with van der Waals surface area (Å²) in [5, 5.41) is 10.3. The third-order valence-corrected chi connectivity index (χ3v) is 3.97. The summed E-state index contributed by atoms with van der Waals surface area (Å²) in [5.74, 6) is 2.50. The molecule has 0 aliphatic rings. The van der Waals surface area contributed by atoms with Crippen LogP contribution in [0.2, 0.25) is 0 Å². The number of oxazole rings is 1. The Bertz CT molecular complexity index is 1010. The van der Waals surface area contributed by atoms with Crippen molar-refractivity contribution in [2.45, 2.75) is 6.92 Å². The van der Waals surface area contributed by atoms with Crippen molar-refractivity contribution >= 4 is 11.6 Å². The maximum absolute atomic E-state index is 5.46. The fraction of sp³-hybridized carbons (Fsp3) is 0.105. The Balaban J connectivity index is 1.57. The molecule has 0 amide bonds. The summed E-state index contributed by atoms with van der Waals surface area (Å²) in [5.41, 5.74) is 3.81. The largest absolute Gasteiger partial charge is 0.496 e. The zero-order valence-electron chi connectivity index (χ0n) is 14.4. The van der Waals surface area contributed by atoms with E-state index in [1.54, 1.807) is 13.3 Å². The van der Waals surface area contributed by atoms with E-state index in [9.17, 15) is 0 Å². The van der Waals surface area contributed by atoms with Crippen LogP contribution in [0.5, 0.6) is 5.75 Å². The van der Waals surface area contributed by atoms with Gasteiger partial charge >= 0.3 is 0 Å². The molecule has 7 nitrogen and oxygen atoms in total. The SMILES string of the molecule is COc1cc(Nc2n[nH]c(-c3ccc(C)cc3)n2)ccc1-c1cnco1. The van der Waals surface area contributed by atoms with E-state index in [1.165, 1.54) is 12.0 Å². The Hall–Kier alpha value is -3.61. The van der Waals surface area contributed by atoms with Crippen LogP contribution in [0.15, 0.2) is 59.5 Å². The van der Waals surface area contributed by atoms with Crippen molar-refractivity contribution < 1.29 is 9.15 Å². The number of aryl methyl sites for hydroxylation is 1. The number of aromatic amines is 1. The van der Waals surface area contributed by atoms with Gasteiger partial charge in [-0.3, -0.25) is 5.10 Å². The van der Waals surface area contributed by atoms with Crippen LogP contribution in [-0.2, 0) is 0 Å². The molecule has 2 heterocycles. The zero-order valence-corrected chi connectivity index (χ0v) is 14.4. The van der Waals surface area contributed by atoms with E-state index in [-0.39, 0.29) is 0 Å². The van der Waals surface area contributed by atoms with Gasteiger partial charge in [0.1, 0.15) is 5.75 Å². The van der Waals surface area contributed by atoms with E-state index in [0.29, 0.717) is 23.3 Å². The van der Waals surface area contributed by atoms with E-state index in [2.05, 4.69) is 25.5 Å². The zero-order chi connectivity index (χ0) is 17.9. The Morgan fingerprint density at radius 1 is 1.12 bits per heavy atom. The standard InChI is InChI=1S/C19H17N5O2/c1-12-3-5-13(6-4-12)18-22-19(24-23-18)21-14-7-8-15(16(9-14)25-2)17-10-20-11-26-17/h3-11H,1-2H3,(H2,21,22,23,24). The molecule has 0 spiro atoms. The first kappa shape index (κ1) is 15.9. The number of nitrogens with zero attached hydrogens (tertiary/aromatic N) is 3. The maximum atomic E-state index is 5.46. The molecular weight excluding hydrogens is 330 g/mol. The fourth-order valence-electron chi connectivity index (χ4n) is 2.61. The maximum Gasteiger partial charge on any atom is 0.246 e. The Kier molecular flexibility index (Phi) is 4.10. The highest BCUT2D eigenvalue weighted by molar-refractivity contribution is 5.71. The van der Waals surface area contributed by atoms with Gasteiger partial charge in [-0.05, 0) is 19.1 Å². The van der Waals surface area contributed by atoms with Crippen LogP contribution in [0.4, 0.5) is 11.6 Å². The highest BCUT2D eigenvalue weighted by atomic mass is 16.5. The van der Waals surface area contributed by atoms with Gasteiger partial charge in [-0.25, -0.2) is 4.98 Å². The number of aromatic nitrogens is 4. The van der Waals surface area contributed by atoms with Crippen molar-refractivity contribution in [2.75, 3.05) is 12.4 Å². The van der Waals surface area contributed by atoms with E-state index < -0.39 is 0 Å². The molecule has 0 fully saturated rings. The summed E-state index contributed by atoms with van der Waals surface area (Å²) in [6.45, 7) is 2.05. The summed E-state index contributed by atoms with van der Waals surface area (Å²) in [6, 6.07) is 13.8. The highest BCUT2D eigenvalue weighted by Crippen LogP contribution is 2.33. The molecule has 2 aromatic carbocycles. The minimum absolute atomic E-state index is 0.482. The van der Waals surface area contributed by atoms with Crippen LogP contribution in [0.3, 0.4) is 0 Å². The van der Waals surface area contributed by atoms with Gasteiger partial charge in [0, 0.05) is 17.3 Å². The number of rotatable bonds is 5. The van der Waals surface area contributed by atoms with Gasteiger partial charge in [-0.15, -0.1) is 5.10 Å². The molecule has 4 aromatic rings. The number of methoxy groups -OCH3 is 1. The van der Waals surface area contributed by atoms with E-state index in [1.807, 2.05) is 49.4 Å². The first-order chi connectivity index (χ1) is 12.7. The van der Waals surface area contributed by atoms with Crippen LogP contribution in [0, 0.1) is 6.92 Å². The molecule has 0 atom stereocenters. The molecule has 130 valence electrons. The first-order valence-electron chi connectivity index (χ1n) is 8.06. The molecule has 0 saturated heterocycles. The third kappa shape index (κ3) is 3.14. The molecule has 2 aromatic heterocycles. The lowest BCUT2D eigenvalue weighted by atomic mass is 10.1. The predicted molar refractivity (Wildman–Crippen MR) is 98.3 cm³/mol. The fourth-order valence-corrected chi connectivity index (χ4v) is 2.61. The van der Waals surface area contributed by atoms with Crippen molar-refractivity contribution in [3.8, 4) is 28.5 Å². The summed E-state index contributed by atoms with van der Waals surface area (Å²) >= 11 is 0. The van der Waals surface area contributed by atoms with Gasteiger partial charge < -0.3 is 14.5 Å². The average molecular weight is 347 g/mol. The van der Waals surface area contributed by atoms with Crippen molar-refractivity contribution in [3.05, 3.63) is 60.6 Å². The van der Waals surface area contributed by atoms with Crippen LogP contribution in [0.25, 0.3) is 22.7 Å². The molecule has 0 saturated carbocycles. The van der Waals surface area contributed by atoms with Crippen LogP contribution in [-0.4, -0.2) is 27.3 Å². The molecule has 26 heavy (non-hydrogen) atoms. The monoisotopic (exact) mass is 347 g/mol. The van der Waals surface area contributed by atoms with Crippen molar-refractivity contribution in [2.24, 2.45) is 0 Å². The molecule has 0 aliphatic heterocycles. The normalized spacial score (nSPS) is 10.7. The number of benzene rings is 2. The van der Waals surface area contributed by atoms with Gasteiger partial charge in [-0.1, -0.05) is 29.8 Å². The molecule has 0 bridgehead atoms. The highest BCUT2D eigenvalue weighted by Gasteiger charge is 2.11. The first-order valence-corrected chi connectivity index (χ1v) is 8.06. The molecule has 2 N–H and O–H groups in total. The van der Waals surface area contributed by atoms with Gasteiger partial charge in [-0.2, -0.15) is 4.98 Å². The Morgan fingerprint density at radius 2 is 1.96 bits per heavy atom. The molecular formula is C19H17N5O2. The molecule has 4 rings (SSSR count). The van der Waals surface area contributed by atoms with Gasteiger partial charge in [0.15, 0.2) is 18.0 Å². The minimum Gasteiger partial charge on any atom is -0.496 e. The van der Waals surface area contributed by atoms with Crippen LogP contribution < -0.4 is 10.1 Å². The minimum atomic E-state index is 0.482. The number of H-pyrrole nitrogens is 1.